The van der Waals surface area contributed by atoms with Gasteiger partial charge in [-0.1, -0.05) is 48.0 Å². The van der Waals surface area contributed by atoms with Crippen molar-refractivity contribution in [1.82, 2.24) is 15.1 Å². The first-order valence-corrected chi connectivity index (χ1v) is 12.3. The topological polar surface area (TPSA) is 76.5 Å². The molecule has 0 radical (unpaired) electrons. The van der Waals surface area contributed by atoms with Gasteiger partial charge in [0, 0.05) is 22.8 Å². The molecule has 0 aliphatic carbocycles. The van der Waals surface area contributed by atoms with Crippen LogP contribution in [0.3, 0.4) is 0 Å². The molecular weight excluding hydrogens is 488 g/mol. The van der Waals surface area contributed by atoms with Gasteiger partial charge in [-0.25, -0.2) is 0 Å². The van der Waals surface area contributed by atoms with E-state index in [2.05, 4.69) is 5.32 Å². The molecule has 8 heteroatoms. The van der Waals surface area contributed by atoms with Crippen molar-refractivity contribution in [2.24, 2.45) is 0 Å². The van der Waals surface area contributed by atoms with Crippen molar-refractivity contribution in [2.45, 2.75) is 32.5 Å². The summed E-state index contributed by atoms with van der Waals surface area (Å²) in [4.78, 5) is 29.4. The molecule has 0 saturated heterocycles. The molecule has 1 aliphatic rings. The molecule has 0 unspecified atom stereocenters. The molecule has 0 bridgehead atoms. The highest BCUT2D eigenvalue weighted by molar-refractivity contribution is 6.32. The summed E-state index contributed by atoms with van der Waals surface area (Å²) in [5.74, 6) is 0.131. The van der Waals surface area contributed by atoms with Crippen LogP contribution in [-0.4, -0.2) is 34.2 Å². The number of carbonyl (C=O) groups is 2. The first kappa shape index (κ1) is 24.6. The van der Waals surface area contributed by atoms with Gasteiger partial charge in [-0.2, -0.15) is 5.10 Å². The fraction of sp³-hybridized carbons (Fsp3) is 0.207. The number of fused-ring (bicyclic) bond motifs is 1. The van der Waals surface area contributed by atoms with Gasteiger partial charge >= 0.3 is 0 Å². The van der Waals surface area contributed by atoms with Crippen molar-refractivity contribution in [3.8, 4) is 17.0 Å². The lowest BCUT2D eigenvalue weighted by Crippen LogP contribution is -2.64. The molecule has 0 fully saturated rings. The highest BCUT2D eigenvalue weighted by atomic mass is 35.5. The van der Waals surface area contributed by atoms with E-state index in [0.717, 1.165) is 22.4 Å². The van der Waals surface area contributed by atoms with Crippen LogP contribution in [0.15, 0.2) is 78.9 Å². The van der Waals surface area contributed by atoms with E-state index in [-0.39, 0.29) is 18.4 Å². The average Bonchev–Trinajstić information content (AvgIpc) is 3.34. The number of benzene rings is 3. The first-order chi connectivity index (χ1) is 17.8. The number of carbonyl (C=O) groups excluding carboxylic acids is 2. The molecular formula is C29H27ClN4O3. The summed E-state index contributed by atoms with van der Waals surface area (Å²) in [7, 11) is 1.61. The zero-order chi connectivity index (χ0) is 26.2. The number of ether oxygens (including phenoxy) is 1. The number of amides is 2. The number of halogens is 1. The molecule has 4 aromatic rings. The number of rotatable bonds is 6. The van der Waals surface area contributed by atoms with E-state index < -0.39 is 5.54 Å². The van der Waals surface area contributed by atoms with Gasteiger partial charge in [0.2, 0.25) is 5.91 Å². The molecule has 0 saturated carbocycles. The maximum absolute atomic E-state index is 14.0. The molecule has 1 aromatic heterocycles. The number of methoxy groups -OCH3 is 1. The standard InChI is InChI=1S/C29H27ClN4O3/c1-19-23(30)10-7-11-25(19)34-27(35)26-16-24(21-12-14-22(37-3)15-13-21)32-33(26)18-29(34,2)28(36)31-17-20-8-5-4-6-9-20/h4-16H,17-18H2,1-3H3,(H,31,36)/t29-/m0/s1. The van der Waals surface area contributed by atoms with Crippen molar-refractivity contribution in [3.63, 3.8) is 0 Å². The first-order valence-electron chi connectivity index (χ1n) is 12.0. The highest BCUT2D eigenvalue weighted by Crippen LogP contribution is 2.37. The zero-order valence-electron chi connectivity index (χ0n) is 20.9. The van der Waals surface area contributed by atoms with Crippen LogP contribution in [0.4, 0.5) is 5.69 Å². The van der Waals surface area contributed by atoms with E-state index in [1.165, 1.54) is 0 Å². The SMILES string of the molecule is COc1ccc(-c2cc3n(n2)C[C@@](C)(C(=O)NCc2ccccc2)N(c2cccc(Cl)c2C)C3=O)cc1. The number of nitrogens with one attached hydrogen (secondary N) is 1. The second-order valence-corrected chi connectivity index (χ2v) is 9.67. The Morgan fingerprint density at radius 1 is 1.08 bits per heavy atom. The van der Waals surface area contributed by atoms with Crippen molar-refractivity contribution < 1.29 is 14.3 Å². The fourth-order valence-corrected chi connectivity index (χ4v) is 4.84. The number of aromatic nitrogens is 2. The zero-order valence-corrected chi connectivity index (χ0v) is 21.6. The lowest BCUT2D eigenvalue weighted by Gasteiger charge is -2.43. The maximum Gasteiger partial charge on any atom is 0.277 e. The molecule has 3 aromatic carbocycles. The molecule has 5 rings (SSSR count). The Morgan fingerprint density at radius 3 is 2.51 bits per heavy atom. The molecule has 1 atom stereocenters. The van der Waals surface area contributed by atoms with Crippen molar-refractivity contribution in [3.05, 3.63) is 101 Å². The number of hydrogen-bond acceptors (Lipinski definition) is 4. The van der Waals surface area contributed by atoms with E-state index >= 15 is 0 Å². The predicted octanol–water partition coefficient (Wildman–Crippen LogP) is 5.26. The van der Waals surface area contributed by atoms with Crippen LogP contribution >= 0.6 is 11.6 Å². The van der Waals surface area contributed by atoms with Crippen LogP contribution in [0.25, 0.3) is 11.3 Å². The molecule has 1 N–H and O–H groups in total. The monoisotopic (exact) mass is 514 g/mol. The largest absolute Gasteiger partial charge is 0.497 e. The van der Waals surface area contributed by atoms with Gasteiger partial charge in [-0.15, -0.1) is 0 Å². The third-order valence-electron chi connectivity index (χ3n) is 6.80. The van der Waals surface area contributed by atoms with E-state index in [9.17, 15) is 9.59 Å². The molecule has 1 aliphatic heterocycles. The minimum Gasteiger partial charge on any atom is -0.497 e. The Labute approximate surface area is 220 Å². The third kappa shape index (κ3) is 4.47. The van der Waals surface area contributed by atoms with Crippen LogP contribution < -0.4 is 15.0 Å². The van der Waals surface area contributed by atoms with E-state index in [1.807, 2.05) is 67.6 Å². The van der Waals surface area contributed by atoms with Gasteiger partial charge in [0.25, 0.3) is 5.91 Å². The summed E-state index contributed by atoms with van der Waals surface area (Å²) in [5.41, 5.74) is 2.92. The van der Waals surface area contributed by atoms with Gasteiger partial charge in [0.15, 0.2) is 0 Å². The summed E-state index contributed by atoms with van der Waals surface area (Å²) < 4.78 is 6.88. The molecule has 2 amide bonds. The number of anilines is 1. The van der Waals surface area contributed by atoms with E-state index in [1.54, 1.807) is 41.8 Å². The Bertz CT molecular complexity index is 1470. The Kier molecular flexibility index (Phi) is 6.48. The lowest BCUT2D eigenvalue weighted by atomic mass is 9.93. The molecule has 188 valence electrons. The smallest absolute Gasteiger partial charge is 0.277 e. The second-order valence-electron chi connectivity index (χ2n) is 9.27. The molecule has 2 heterocycles. The van der Waals surface area contributed by atoms with E-state index in [0.29, 0.717) is 28.6 Å². The number of hydrogen-bond donors (Lipinski definition) is 1. The summed E-state index contributed by atoms with van der Waals surface area (Å²) >= 11 is 6.44. The predicted molar refractivity (Wildman–Crippen MR) is 144 cm³/mol. The normalized spacial score (nSPS) is 16.9. The van der Waals surface area contributed by atoms with Gasteiger partial charge in [0.05, 0.1) is 19.3 Å². The lowest BCUT2D eigenvalue weighted by molar-refractivity contribution is -0.126. The molecule has 7 nitrogen and oxygen atoms in total. The van der Waals surface area contributed by atoms with Crippen molar-refractivity contribution >= 4 is 29.1 Å². The van der Waals surface area contributed by atoms with Crippen LogP contribution in [0.1, 0.15) is 28.5 Å². The quantitative estimate of drug-likeness (QED) is 0.381. The average molecular weight is 515 g/mol. The Hall–Kier alpha value is -4.10. The van der Waals surface area contributed by atoms with Crippen LogP contribution in [0, 0.1) is 6.92 Å². The maximum atomic E-state index is 14.0. The number of nitrogens with zero attached hydrogens (tertiary/aromatic N) is 3. The van der Waals surface area contributed by atoms with Crippen LogP contribution in [-0.2, 0) is 17.9 Å². The Balaban J connectivity index is 1.56. The van der Waals surface area contributed by atoms with Crippen LogP contribution in [0.5, 0.6) is 5.75 Å². The van der Waals surface area contributed by atoms with Crippen molar-refractivity contribution in [1.29, 1.82) is 0 Å². The third-order valence-corrected chi connectivity index (χ3v) is 7.21. The Morgan fingerprint density at radius 2 is 1.81 bits per heavy atom. The highest BCUT2D eigenvalue weighted by Gasteiger charge is 2.49. The van der Waals surface area contributed by atoms with Gasteiger partial charge in [0.1, 0.15) is 17.0 Å². The summed E-state index contributed by atoms with van der Waals surface area (Å²) in [6.45, 7) is 4.14. The summed E-state index contributed by atoms with van der Waals surface area (Å²) in [6.07, 6.45) is 0. The summed E-state index contributed by atoms with van der Waals surface area (Å²) in [6, 6.07) is 24.3. The van der Waals surface area contributed by atoms with Crippen molar-refractivity contribution in [2.75, 3.05) is 12.0 Å². The fourth-order valence-electron chi connectivity index (χ4n) is 4.67. The minimum absolute atomic E-state index is 0.177. The van der Waals surface area contributed by atoms with Gasteiger partial charge < -0.3 is 10.1 Å². The van der Waals surface area contributed by atoms with E-state index in [4.69, 9.17) is 21.4 Å². The van der Waals surface area contributed by atoms with Gasteiger partial charge in [-0.05, 0) is 67.4 Å². The second kappa shape index (κ2) is 9.75. The minimum atomic E-state index is -1.25. The van der Waals surface area contributed by atoms with Crippen LogP contribution in [0.2, 0.25) is 5.02 Å². The molecule has 0 spiro atoms. The van der Waals surface area contributed by atoms with Gasteiger partial charge in [-0.3, -0.25) is 19.2 Å². The summed E-state index contributed by atoms with van der Waals surface area (Å²) in [5, 5.41) is 8.26. The molecule has 37 heavy (non-hydrogen) atoms.